The summed E-state index contributed by atoms with van der Waals surface area (Å²) in [6, 6.07) is 20.5. The normalized spacial score (nSPS) is 10.6. The van der Waals surface area contributed by atoms with E-state index >= 15 is 0 Å². The summed E-state index contributed by atoms with van der Waals surface area (Å²) in [4.78, 5) is 13.1. The molecule has 0 aliphatic carbocycles. The fraction of sp³-hybridized carbons (Fsp3) is 0.273. The van der Waals surface area contributed by atoms with Crippen LogP contribution in [0.25, 0.3) is 11.3 Å². The second-order valence-electron chi connectivity index (χ2n) is 6.86. The van der Waals surface area contributed by atoms with E-state index in [1.54, 1.807) is 14.1 Å². The van der Waals surface area contributed by atoms with E-state index in [4.69, 9.17) is 5.10 Å². The fourth-order valence-electron chi connectivity index (χ4n) is 2.92. The summed E-state index contributed by atoms with van der Waals surface area (Å²) in [6.07, 6.45) is 2.10. The van der Waals surface area contributed by atoms with Crippen molar-refractivity contribution in [2.45, 2.75) is 13.1 Å². The largest absolute Gasteiger partial charge is 0.337 e. The summed E-state index contributed by atoms with van der Waals surface area (Å²) < 4.78 is 1.99. The van der Waals surface area contributed by atoms with E-state index in [0.29, 0.717) is 19.6 Å². The van der Waals surface area contributed by atoms with Gasteiger partial charge in [-0.1, -0.05) is 60.7 Å². The minimum absolute atomic E-state index is 0.0811. The van der Waals surface area contributed by atoms with Crippen molar-refractivity contribution in [2.75, 3.05) is 27.2 Å². The van der Waals surface area contributed by atoms with Crippen LogP contribution in [0.4, 0.5) is 4.79 Å². The molecule has 3 rings (SSSR count). The van der Waals surface area contributed by atoms with Crippen LogP contribution in [0.3, 0.4) is 0 Å². The molecule has 0 bridgehead atoms. The minimum Gasteiger partial charge on any atom is -0.337 e. The number of aromatic nitrogens is 2. The Labute approximate surface area is 166 Å². The lowest BCUT2D eigenvalue weighted by Crippen LogP contribution is -2.38. The summed E-state index contributed by atoms with van der Waals surface area (Å²) in [6.45, 7) is 2.70. The highest BCUT2D eigenvalue weighted by Gasteiger charge is 2.11. The van der Waals surface area contributed by atoms with Gasteiger partial charge in [0.25, 0.3) is 0 Å². The maximum atomic E-state index is 11.6. The van der Waals surface area contributed by atoms with E-state index in [9.17, 15) is 4.79 Å². The third kappa shape index (κ3) is 5.44. The summed E-state index contributed by atoms with van der Waals surface area (Å²) in [5.74, 6) is 0. The standard InChI is InChI=1S/C22H27N5O/c1-26(2)22(28)24-14-13-23-15-20-17-27(16-18-9-5-3-6-10-18)25-21(20)19-11-7-4-8-12-19/h3-12,17,23H,13-16H2,1-2H3,(H,24,28). The Kier molecular flexibility index (Phi) is 6.81. The lowest BCUT2D eigenvalue weighted by molar-refractivity contribution is 0.217. The highest BCUT2D eigenvalue weighted by molar-refractivity contribution is 5.73. The Morgan fingerprint density at radius 3 is 2.36 bits per heavy atom. The van der Waals surface area contributed by atoms with Crippen molar-refractivity contribution in [3.63, 3.8) is 0 Å². The van der Waals surface area contributed by atoms with E-state index in [-0.39, 0.29) is 6.03 Å². The number of hydrogen-bond donors (Lipinski definition) is 2. The van der Waals surface area contributed by atoms with Crippen molar-refractivity contribution in [1.29, 1.82) is 0 Å². The number of urea groups is 1. The molecule has 0 spiro atoms. The average Bonchev–Trinajstić information content (AvgIpc) is 3.11. The maximum Gasteiger partial charge on any atom is 0.316 e. The summed E-state index contributed by atoms with van der Waals surface area (Å²) >= 11 is 0. The molecule has 6 nitrogen and oxygen atoms in total. The molecule has 6 heteroatoms. The molecular formula is C22H27N5O. The van der Waals surface area contributed by atoms with Crippen LogP contribution in [0.5, 0.6) is 0 Å². The second kappa shape index (κ2) is 9.71. The van der Waals surface area contributed by atoms with E-state index in [2.05, 4.69) is 41.1 Å². The number of carbonyl (C=O) groups is 1. The molecule has 1 heterocycles. The van der Waals surface area contributed by atoms with E-state index in [0.717, 1.165) is 23.4 Å². The Balaban J connectivity index is 1.67. The topological polar surface area (TPSA) is 62.2 Å². The maximum absolute atomic E-state index is 11.6. The van der Waals surface area contributed by atoms with Crippen molar-refractivity contribution < 1.29 is 4.79 Å². The van der Waals surface area contributed by atoms with Crippen LogP contribution in [-0.4, -0.2) is 47.9 Å². The zero-order valence-electron chi connectivity index (χ0n) is 16.4. The minimum atomic E-state index is -0.0811. The van der Waals surface area contributed by atoms with Crippen LogP contribution in [0.2, 0.25) is 0 Å². The average molecular weight is 377 g/mol. The van der Waals surface area contributed by atoms with Gasteiger partial charge in [0.2, 0.25) is 0 Å². The van der Waals surface area contributed by atoms with Crippen molar-refractivity contribution in [2.24, 2.45) is 0 Å². The van der Waals surface area contributed by atoms with Gasteiger partial charge in [-0.05, 0) is 5.56 Å². The Bertz CT molecular complexity index is 874. The molecule has 0 radical (unpaired) electrons. The van der Waals surface area contributed by atoms with Crippen molar-refractivity contribution in [3.8, 4) is 11.3 Å². The van der Waals surface area contributed by atoms with Crippen molar-refractivity contribution in [1.82, 2.24) is 25.3 Å². The summed E-state index contributed by atoms with van der Waals surface area (Å²) in [7, 11) is 3.46. The molecule has 0 aliphatic heterocycles. The number of nitrogens with one attached hydrogen (secondary N) is 2. The van der Waals surface area contributed by atoms with Gasteiger partial charge in [0.05, 0.1) is 12.2 Å². The number of carbonyl (C=O) groups excluding carboxylic acids is 1. The van der Waals surface area contributed by atoms with Crippen LogP contribution in [0, 0.1) is 0 Å². The van der Waals surface area contributed by atoms with Crippen LogP contribution in [0.15, 0.2) is 66.9 Å². The first-order chi connectivity index (χ1) is 13.6. The van der Waals surface area contributed by atoms with Gasteiger partial charge in [-0.3, -0.25) is 4.68 Å². The van der Waals surface area contributed by atoms with Gasteiger partial charge in [0, 0.05) is 51.1 Å². The van der Waals surface area contributed by atoms with Crippen molar-refractivity contribution in [3.05, 3.63) is 78.0 Å². The Morgan fingerprint density at radius 2 is 1.68 bits per heavy atom. The number of amides is 2. The van der Waals surface area contributed by atoms with Gasteiger partial charge in [-0.25, -0.2) is 4.79 Å². The molecule has 3 aromatic rings. The quantitative estimate of drug-likeness (QED) is 0.593. The van der Waals surface area contributed by atoms with Gasteiger partial charge >= 0.3 is 6.03 Å². The number of hydrogen-bond acceptors (Lipinski definition) is 3. The number of benzene rings is 2. The molecule has 0 fully saturated rings. The lowest BCUT2D eigenvalue weighted by Gasteiger charge is -2.12. The first kappa shape index (κ1) is 19.6. The highest BCUT2D eigenvalue weighted by atomic mass is 16.2. The fourth-order valence-corrected chi connectivity index (χ4v) is 2.92. The molecule has 0 saturated heterocycles. The predicted molar refractivity (Wildman–Crippen MR) is 112 cm³/mol. The zero-order chi connectivity index (χ0) is 19.8. The molecule has 0 unspecified atom stereocenters. The Morgan fingerprint density at radius 1 is 1.00 bits per heavy atom. The third-order valence-electron chi connectivity index (χ3n) is 4.37. The predicted octanol–water partition coefficient (Wildman–Crippen LogP) is 2.96. The first-order valence-corrected chi connectivity index (χ1v) is 9.45. The van der Waals surface area contributed by atoms with E-state index < -0.39 is 0 Å². The molecule has 2 aromatic carbocycles. The molecular weight excluding hydrogens is 350 g/mol. The van der Waals surface area contributed by atoms with E-state index in [1.807, 2.05) is 41.1 Å². The molecule has 2 N–H and O–H groups in total. The van der Waals surface area contributed by atoms with Crippen LogP contribution in [-0.2, 0) is 13.1 Å². The van der Waals surface area contributed by atoms with Gasteiger partial charge in [-0.15, -0.1) is 0 Å². The van der Waals surface area contributed by atoms with Crippen LogP contribution < -0.4 is 10.6 Å². The molecule has 2 amide bonds. The van der Waals surface area contributed by atoms with Crippen molar-refractivity contribution >= 4 is 6.03 Å². The SMILES string of the molecule is CN(C)C(=O)NCCNCc1cn(Cc2ccccc2)nc1-c1ccccc1. The number of nitrogens with zero attached hydrogens (tertiary/aromatic N) is 3. The summed E-state index contributed by atoms with van der Waals surface area (Å²) in [5.41, 5.74) is 4.45. The first-order valence-electron chi connectivity index (χ1n) is 9.45. The highest BCUT2D eigenvalue weighted by Crippen LogP contribution is 2.22. The van der Waals surface area contributed by atoms with Gasteiger partial charge < -0.3 is 15.5 Å². The van der Waals surface area contributed by atoms with E-state index in [1.165, 1.54) is 10.5 Å². The zero-order valence-corrected chi connectivity index (χ0v) is 16.4. The molecule has 28 heavy (non-hydrogen) atoms. The molecule has 146 valence electrons. The smallest absolute Gasteiger partial charge is 0.316 e. The molecule has 0 aliphatic rings. The number of rotatable bonds is 8. The second-order valence-corrected chi connectivity index (χ2v) is 6.86. The monoisotopic (exact) mass is 377 g/mol. The van der Waals surface area contributed by atoms with Gasteiger partial charge in [-0.2, -0.15) is 5.10 Å². The third-order valence-corrected chi connectivity index (χ3v) is 4.37. The van der Waals surface area contributed by atoms with Gasteiger partial charge in [0.15, 0.2) is 0 Å². The van der Waals surface area contributed by atoms with Crippen LogP contribution in [0.1, 0.15) is 11.1 Å². The molecule has 1 aromatic heterocycles. The summed E-state index contributed by atoms with van der Waals surface area (Å²) in [5, 5.41) is 11.1. The molecule has 0 saturated carbocycles. The van der Waals surface area contributed by atoms with Crippen LogP contribution >= 0.6 is 0 Å². The lowest BCUT2D eigenvalue weighted by atomic mass is 10.1. The van der Waals surface area contributed by atoms with Gasteiger partial charge in [0.1, 0.15) is 0 Å². The molecule has 0 atom stereocenters. The Hall–Kier alpha value is -3.12.